The number of hydrogen-bond donors (Lipinski definition) is 1. The molecule has 2 N–H and O–H groups in total. The van der Waals surface area contributed by atoms with Crippen LogP contribution < -0.4 is 5.73 Å². The first-order valence-corrected chi connectivity index (χ1v) is 9.10. The van der Waals surface area contributed by atoms with Gasteiger partial charge in [-0.25, -0.2) is 4.98 Å². The molecule has 1 aliphatic carbocycles. The second-order valence-electron chi connectivity index (χ2n) is 6.34. The summed E-state index contributed by atoms with van der Waals surface area (Å²) in [5.41, 5.74) is 6.94. The van der Waals surface area contributed by atoms with Crippen LogP contribution in [0.4, 0.5) is 18.9 Å². The normalized spacial score (nSPS) is 14.4. The fourth-order valence-corrected chi connectivity index (χ4v) is 4.63. The van der Waals surface area contributed by atoms with E-state index < -0.39 is 11.9 Å². The largest absolute Gasteiger partial charge is 0.433 e. The topological polar surface area (TPSA) is 56.0 Å². The van der Waals surface area contributed by atoms with Gasteiger partial charge in [-0.2, -0.15) is 13.2 Å². The Bertz CT molecular complexity index is 1010. The summed E-state index contributed by atoms with van der Waals surface area (Å²) in [5, 5.41) is 0.525. The number of aromatic nitrogens is 1. The number of carbonyl (C=O) groups excluding carboxylic acids is 1. The predicted octanol–water partition coefficient (Wildman–Crippen LogP) is 5.01. The first-order valence-electron chi connectivity index (χ1n) is 8.28. The molecule has 134 valence electrons. The fraction of sp³-hybridized carbons (Fsp3) is 0.263. The standard InChI is InChI=1S/C19H15F3N2OS/c20-19(21,22)17-12-9-5-4-8-11(12)13-14(23)16(26-18(13)24-17)15(25)10-6-2-1-3-7-10/h1-3,6-7H,4-5,8-9,23H2. The van der Waals surface area contributed by atoms with E-state index in [1.165, 1.54) is 0 Å². The number of alkyl halides is 3. The van der Waals surface area contributed by atoms with Gasteiger partial charge in [0, 0.05) is 10.9 Å². The van der Waals surface area contributed by atoms with E-state index in [-0.39, 0.29) is 26.7 Å². The van der Waals surface area contributed by atoms with Gasteiger partial charge in [0.2, 0.25) is 5.78 Å². The maximum atomic E-state index is 13.5. The Morgan fingerprint density at radius 2 is 1.73 bits per heavy atom. The third-order valence-corrected chi connectivity index (χ3v) is 5.80. The maximum absolute atomic E-state index is 13.5. The van der Waals surface area contributed by atoms with Gasteiger partial charge in [0.05, 0.1) is 5.69 Å². The van der Waals surface area contributed by atoms with E-state index in [1.54, 1.807) is 30.3 Å². The number of anilines is 1. The third-order valence-electron chi connectivity index (χ3n) is 4.71. The molecule has 7 heteroatoms. The van der Waals surface area contributed by atoms with Crippen molar-refractivity contribution in [3.8, 4) is 0 Å². The second kappa shape index (κ2) is 6.09. The van der Waals surface area contributed by atoms with Crippen LogP contribution in [0.1, 0.15) is 44.9 Å². The van der Waals surface area contributed by atoms with Crippen LogP contribution in [-0.2, 0) is 19.0 Å². The van der Waals surface area contributed by atoms with Crippen LogP contribution in [-0.4, -0.2) is 10.8 Å². The molecule has 3 aromatic rings. The summed E-state index contributed by atoms with van der Waals surface area (Å²) >= 11 is 0.944. The van der Waals surface area contributed by atoms with E-state index in [0.29, 0.717) is 35.8 Å². The first-order chi connectivity index (χ1) is 12.4. The number of carbonyl (C=O) groups is 1. The number of fused-ring (bicyclic) bond motifs is 3. The lowest BCUT2D eigenvalue weighted by Gasteiger charge is -2.21. The zero-order chi connectivity index (χ0) is 18.5. The number of aryl methyl sites for hydroxylation is 1. The number of rotatable bonds is 2. The number of ketones is 1. The number of benzene rings is 1. The molecule has 26 heavy (non-hydrogen) atoms. The Kier molecular flexibility index (Phi) is 3.99. The first kappa shape index (κ1) is 17.0. The van der Waals surface area contributed by atoms with Crippen LogP contribution in [0.15, 0.2) is 30.3 Å². The minimum Gasteiger partial charge on any atom is -0.397 e. The van der Waals surface area contributed by atoms with Gasteiger partial charge in [0.25, 0.3) is 0 Å². The number of halogens is 3. The van der Waals surface area contributed by atoms with Crippen LogP contribution in [0.25, 0.3) is 10.2 Å². The van der Waals surface area contributed by atoms with E-state index in [0.717, 1.165) is 17.8 Å². The lowest BCUT2D eigenvalue weighted by atomic mass is 9.88. The summed E-state index contributed by atoms with van der Waals surface area (Å²) in [4.78, 5) is 17.1. The SMILES string of the molecule is Nc1c(C(=O)c2ccccc2)sc2nc(C(F)(F)F)c3c(c12)CCCC3. The van der Waals surface area contributed by atoms with Crippen molar-refractivity contribution in [2.75, 3.05) is 5.73 Å². The van der Waals surface area contributed by atoms with E-state index in [2.05, 4.69) is 4.98 Å². The molecule has 0 fully saturated rings. The number of pyridine rings is 1. The van der Waals surface area contributed by atoms with Crippen LogP contribution in [0.5, 0.6) is 0 Å². The van der Waals surface area contributed by atoms with Crippen molar-refractivity contribution in [3.05, 3.63) is 57.6 Å². The zero-order valence-corrected chi connectivity index (χ0v) is 14.5. The molecule has 0 radical (unpaired) electrons. The molecular weight excluding hydrogens is 361 g/mol. The monoisotopic (exact) mass is 376 g/mol. The summed E-state index contributed by atoms with van der Waals surface area (Å²) in [6.45, 7) is 0. The molecule has 1 aromatic carbocycles. The molecule has 2 aromatic heterocycles. The van der Waals surface area contributed by atoms with Crippen molar-refractivity contribution in [2.45, 2.75) is 31.9 Å². The highest BCUT2D eigenvalue weighted by Gasteiger charge is 2.38. The molecule has 0 aliphatic heterocycles. The molecule has 0 atom stereocenters. The number of nitrogens with two attached hydrogens (primary N) is 1. The summed E-state index contributed by atoms with van der Waals surface area (Å²) in [6, 6.07) is 8.59. The highest BCUT2D eigenvalue weighted by Crippen LogP contribution is 2.43. The van der Waals surface area contributed by atoms with Gasteiger partial charge in [-0.05, 0) is 36.8 Å². The van der Waals surface area contributed by atoms with Gasteiger partial charge in [-0.1, -0.05) is 30.3 Å². The summed E-state index contributed by atoms with van der Waals surface area (Å²) < 4.78 is 40.4. The van der Waals surface area contributed by atoms with Crippen LogP contribution in [0.3, 0.4) is 0 Å². The maximum Gasteiger partial charge on any atom is 0.433 e. The van der Waals surface area contributed by atoms with Gasteiger partial charge in [-0.15, -0.1) is 11.3 Å². The second-order valence-corrected chi connectivity index (χ2v) is 7.34. The summed E-state index contributed by atoms with van der Waals surface area (Å²) in [5.74, 6) is -0.288. The zero-order valence-electron chi connectivity index (χ0n) is 13.7. The molecule has 3 nitrogen and oxygen atoms in total. The fourth-order valence-electron chi connectivity index (χ4n) is 3.54. The van der Waals surface area contributed by atoms with Crippen molar-refractivity contribution in [1.82, 2.24) is 4.98 Å². The molecule has 0 spiro atoms. The molecule has 1 aliphatic rings. The average Bonchev–Trinajstić information content (AvgIpc) is 2.97. The lowest BCUT2D eigenvalue weighted by molar-refractivity contribution is -0.141. The van der Waals surface area contributed by atoms with Crippen LogP contribution >= 0.6 is 11.3 Å². The van der Waals surface area contributed by atoms with Gasteiger partial charge >= 0.3 is 6.18 Å². The van der Waals surface area contributed by atoms with Crippen molar-refractivity contribution in [2.24, 2.45) is 0 Å². The lowest BCUT2D eigenvalue weighted by Crippen LogP contribution is -2.17. The van der Waals surface area contributed by atoms with Gasteiger partial charge < -0.3 is 5.73 Å². The van der Waals surface area contributed by atoms with Crippen molar-refractivity contribution in [1.29, 1.82) is 0 Å². The smallest absolute Gasteiger partial charge is 0.397 e. The van der Waals surface area contributed by atoms with E-state index in [4.69, 9.17) is 5.73 Å². The van der Waals surface area contributed by atoms with Gasteiger partial charge in [0.15, 0.2) is 0 Å². The van der Waals surface area contributed by atoms with E-state index in [1.807, 2.05) is 0 Å². The van der Waals surface area contributed by atoms with Crippen molar-refractivity contribution in [3.63, 3.8) is 0 Å². The molecule has 0 saturated heterocycles. The Labute approximate surface area is 151 Å². The minimum atomic E-state index is -4.52. The number of thiophene rings is 1. The van der Waals surface area contributed by atoms with E-state index >= 15 is 0 Å². The summed E-state index contributed by atoms with van der Waals surface area (Å²) in [7, 11) is 0. The third kappa shape index (κ3) is 2.67. The molecule has 4 rings (SSSR count). The molecule has 0 bridgehead atoms. The summed E-state index contributed by atoms with van der Waals surface area (Å²) in [6.07, 6.45) is -2.15. The highest BCUT2D eigenvalue weighted by atomic mass is 32.1. The number of nitrogens with zero attached hydrogens (tertiary/aromatic N) is 1. The Hall–Kier alpha value is -2.41. The minimum absolute atomic E-state index is 0.190. The Balaban J connectivity index is 1.97. The molecular formula is C19H15F3N2OS. The van der Waals surface area contributed by atoms with Gasteiger partial charge in [-0.3, -0.25) is 4.79 Å². The Morgan fingerprint density at radius 3 is 2.38 bits per heavy atom. The number of hydrogen-bond acceptors (Lipinski definition) is 4. The predicted molar refractivity (Wildman–Crippen MR) is 95.6 cm³/mol. The molecule has 0 unspecified atom stereocenters. The number of nitrogen functional groups attached to an aromatic ring is 1. The average molecular weight is 376 g/mol. The van der Waals surface area contributed by atoms with E-state index in [9.17, 15) is 18.0 Å². The van der Waals surface area contributed by atoms with Crippen molar-refractivity contribution < 1.29 is 18.0 Å². The van der Waals surface area contributed by atoms with Crippen molar-refractivity contribution >= 4 is 33.0 Å². The molecule has 2 heterocycles. The highest BCUT2D eigenvalue weighted by molar-refractivity contribution is 7.21. The molecule has 0 amide bonds. The van der Waals surface area contributed by atoms with Gasteiger partial charge in [0.1, 0.15) is 15.4 Å². The quantitative estimate of drug-likeness (QED) is 0.640. The van der Waals surface area contributed by atoms with Crippen LogP contribution in [0.2, 0.25) is 0 Å². The molecule has 0 saturated carbocycles. The Morgan fingerprint density at radius 1 is 1.08 bits per heavy atom. The van der Waals surface area contributed by atoms with Crippen LogP contribution in [0, 0.1) is 0 Å².